The van der Waals surface area contributed by atoms with Gasteiger partial charge in [-0.3, -0.25) is 14.5 Å². The number of carbonyl (C=O) groups is 1. The van der Waals surface area contributed by atoms with Crippen molar-refractivity contribution in [3.63, 3.8) is 0 Å². The molecule has 8 nitrogen and oxygen atoms in total. The highest BCUT2D eigenvalue weighted by atomic mass is 32.2. The number of sulfonamides is 1. The lowest BCUT2D eigenvalue weighted by Crippen LogP contribution is -2.17. The van der Waals surface area contributed by atoms with Crippen LogP contribution in [0.4, 0.5) is 11.4 Å². The molecule has 1 heterocycles. The van der Waals surface area contributed by atoms with Crippen molar-refractivity contribution in [2.75, 3.05) is 10.0 Å². The number of oxazole rings is 1. The van der Waals surface area contributed by atoms with Crippen LogP contribution in [-0.2, 0) is 14.8 Å². The van der Waals surface area contributed by atoms with E-state index in [0.717, 1.165) is 0 Å². The van der Waals surface area contributed by atoms with Crippen LogP contribution in [0, 0.1) is 5.92 Å². The van der Waals surface area contributed by atoms with Crippen molar-refractivity contribution in [1.29, 1.82) is 0 Å². The standard InChI is InChI=1S/C17H17N3O5S/c1-10(2)16(21)18-11-3-5-12(6-4-11)20-26(23,24)13-7-8-14-15(9-13)25-17(22)19-14/h3-10,20H,1-2H3,(H,18,21)(H,19,22). The molecule has 136 valence electrons. The molecule has 0 aliphatic carbocycles. The van der Waals surface area contributed by atoms with Gasteiger partial charge in [-0.2, -0.15) is 0 Å². The van der Waals surface area contributed by atoms with Gasteiger partial charge in [-0.1, -0.05) is 13.8 Å². The first kappa shape index (κ1) is 17.7. The Morgan fingerprint density at radius 2 is 1.73 bits per heavy atom. The van der Waals surface area contributed by atoms with Crippen LogP contribution in [0.1, 0.15) is 13.8 Å². The van der Waals surface area contributed by atoms with Crippen LogP contribution in [0.15, 0.2) is 56.6 Å². The van der Waals surface area contributed by atoms with E-state index in [-0.39, 0.29) is 22.3 Å². The minimum absolute atomic E-state index is 0.0371. The maximum Gasteiger partial charge on any atom is 0.417 e. The fourth-order valence-electron chi connectivity index (χ4n) is 2.22. The summed E-state index contributed by atoms with van der Waals surface area (Å²) in [5, 5.41) is 2.72. The van der Waals surface area contributed by atoms with Gasteiger partial charge in [0.05, 0.1) is 10.4 Å². The minimum atomic E-state index is -3.86. The second kappa shape index (κ2) is 6.68. The second-order valence-corrected chi connectivity index (χ2v) is 7.68. The number of aromatic nitrogens is 1. The van der Waals surface area contributed by atoms with E-state index in [4.69, 9.17) is 4.42 Å². The lowest BCUT2D eigenvalue weighted by atomic mass is 10.2. The van der Waals surface area contributed by atoms with Gasteiger partial charge in [0.1, 0.15) is 0 Å². The number of amides is 1. The molecule has 9 heteroatoms. The third-order valence-electron chi connectivity index (χ3n) is 3.63. The predicted molar refractivity (Wildman–Crippen MR) is 97.6 cm³/mol. The number of carbonyl (C=O) groups excluding carboxylic acids is 1. The lowest BCUT2D eigenvalue weighted by molar-refractivity contribution is -0.118. The predicted octanol–water partition coefficient (Wildman–Crippen LogP) is 2.52. The zero-order valence-corrected chi connectivity index (χ0v) is 14.9. The Bertz CT molecular complexity index is 1110. The fourth-order valence-corrected chi connectivity index (χ4v) is 3.29. The van der Waals surface area contributed by atoms with E-state index in [9.17, 15) is 18.0 Å². The van der Waals surface area contributed by atoms with Crippen molar-refractivity contribution in [2.24, 2.45) is 5.92 Å². The Hall–Kier alpha value is -3.07. The summed E-state index contributed by atoms with van der Waals surface area (Å²) < 4.78 is 32.3. The smallest absolute Gasteiger partial charge is 0.408 e. The van der Waals surface area contributed by atoms with E-state index in [1.54, 1.807) is 38.1 Å². The van der Waals surface area contributed by atoms with Crippen molar-refractivity contribution in [2.45, 2.75) is 18.7 Å². The third-order valence-corrected chi connectivity index (χ3v) is 5.01. The SMILES string of the molecule is CC(C)C(=O)Nc1ccc(NS(=O)(=O)c2ccc3[nH]c(=O)oc3c2)cc1. The molecule has 1 aromatic heterocycles. The van der Waals surface area contributed by atoms with Crippen molar-refractivity contribution >= 4 is 38.4 Å². The van der Waals surface area contributed by atoms with E-state index < -0.39 is 15.8 Å². The number of nitrogens with one attached hydrogen (secondary N) is 3. The summed E-state index contributed by atoms with van der Waals surface area (Å²) in [6.07, 6.45) is 0. The van der Waals surface area contributed by atoms with Crippen molar-refractivity contribution in [3.05, 3.63) is 53.0 Å². The molecule has 0 aliphatic rings. The summed E-state index contributed by atoms with van der Waals surface area (Å²) >= 11 is 0. The molecule has 3 aromatic rings. The lowest BCUT2D eigenvalue weighted by Gasteiger charge is -2.10. The van der Waals surface area contributed by atoms with Crippen LogP contribution >= 0.6 is 0 Å². The van der Waals surface area contributed by atoms with E-state index in [2.05, 4.69) is 15.0 Å². The molecule has 0 bridgehead atoms. The Morgan fingerprint density at radius 1 is 1.08 bits per heavy atom. The third kappa shape index (κ3) is 3.77. The van der Waals surface area contributed by atoms with E-state index >= 15 is 0 Å². The van der Waals surface area contributed by atoms with Gasteiger partial charge in [0.25, 0.3) is 10.0 Å². The highest BCUT2D eigenvalue weighted by Crippen LogP contribution is 2.21. The molecule has 0 fully saturated rings. The van der Waals surface area contributed by atoms with Gasteiger partial charge < -0.3 is 9.73 Å². The number of benzene rings is 2. The first-order valence-corrected chi connectivity index (χ1v) is 9.29. The molecular formula is C17H17N3O5S. The summed E-state index contributed by atoms with van der Waals surface area (Å²) in [6.45, 7) is 3.56. The van der Waals surface area contributed by atoms with E-state index in [0.29, 0.717) is 16.9 Å². The normalized spacial score (nSPS) is 11.7. The van der Waals surface area contributed by atoms with Crippen molar-refractivity contribution < 1.29 is 17.6 Å². The zero-order valence-electron chi connectivity index (χ0n) is 14.1. The first-order valence-electron chi connectivity index (χ1n) is 7.81. The average Bonchev–Trinajstić information content (AvgIpc) is 2.95. The molecule has 1 amide bonds. The van der Waals surface area contributed by atoms with E-state index in [1.165, 1.54) is 18.2 Å². The van der Waals surface area contributed by atoms with Gasteiger partial charge in [-0.25, -0.2) is 13.2 Å². The molecule has 0 saturated carbocycles. The number of hydrogen-bond donors (Lipinski definition) is 3. The monoisotopic (exact) mass is 375 g/mol. The van der Waals surface area contributed by atoms with Crippen LogP contribution in [0.3, 0.4) is 0 Å². The Kier molecular flexibility index (Phi) is 4.56. The highest BCUT2D eigenvalue weighted by Gasteiger charge is 2.16. The van der Waals surface area contributed by atoms with Gasteiger partial charge in [0.2, 0.25) is 5.91 Å². The summed E-state index contributed by atoms with van der Waals surface area (Å²) in [6, 6.07) is 10.4. The van der Waals surface area contributed by atoms with Crippen LogP contribution in [0.5, 0.6) is 0 Å². The van der Waals surface area contributed by atoms with Gasteiger partial charge in [-0.05, 0) is 36.4 Å². The highest BCUT2D eigenvalue weighted by molar-refractivity contribution is 7.92. The largest absolute Gasteiger partial charge is 0.417 e. The molecule has 3 rings (SSSR count). The molecule has 3 N–H and O–H groups in total. The molecule has 0 radical (unpaired) electrons. The molecule has 2 aromatic carbocycles. The van der Waals surface area contributed by atoms with E-state index in [1.807, 2.05) is 0 Å². The number of rotatable bonds is 5. The molecule has 0 aliphatic heterocycles. The van der Waals surface area contributed by atoms with Crippen LogP contribution in [-0.4, -0.2) is 19.3 Å². The molecule has 0 unspecified atom stereocenters. The minimum Gasteiger partial charge on any atom is -0.408 e. The van der Waals surface area contributed by atoms with Crippen molar-refractivity contribution in [3.8, 4) is 0 Å². The molecule has 0 saturated heterocycles. The Labute approximate surface area is 149 Å². The number of hydrogen-bond acceptors (Lipinski definition) is 5. The Morgan fingerprint density at radius 3 is 2.38 bits per heavy atom. The van der Waals surface area contributed by atoms with Crippen molar-refractivity contribution in [1.82, 2.24) is 4.98 Å². The van der Waals surface area contributed by atoms with Crippen LogP contribution < -0.4 is 15.8 Å². The molecular weight excluding hydrogens is 358 g/mol. The Balaban J connectivity index is 1.79. The number of fused-ring (bicyclic) bond motifs is 1. The second-order valence-electron chi connectivity index (χ2n) is 6.00. The summed E-state index contributed by atoms with van der Waals surface area (Å²) in [7, 11) is -3.86. The van der Waals surface area contributed by atoms with Gasteiger partial charge in [-0.15, -0.1) is 0 Å². The van der Waals surface area contributed by atoms with Crippen LogP contribution in [0.25, 0.3) is 11.1 Å². The first-order chi connectivity index (χ1) is 12.2. The fraction of sp³-hybridized carbons (Fsp3) is 0.176. The summed E-state index contributed by atoms with van der Waals surface area (Å²) in [4.78, 5) is 25.2. The number of anilines is 2. The van der Waals surface area contributed by atoms with Crippen LogP contribution in [0.2, 0.25) is 0 Å². The topological polar surface area (TPSA) is 121 Å². The van der Waals surface area contributed by atoms with Gasteiger partial charge in [0, 0.05) is 23.4 Å². The average molecular weight is 375 g/mol. The summed E-state index contributed by atoms with van der Waals surface area (Å²) in [5.74, 6) is -0.933. The maximum absolute atomic E-state index is 12.5. The quantitative estimate of drug-likeness (QED) is 0.633. The maximum atomic E-state index is 12.5. The summed E-state index contributed by atoms with van der Waals surface area (Å²) in [5.41, 5.74) is 1.48. The molecule has 0 spiro atoms. The molecule has 0 atom stereocenters. The zero-order chi connectivity index (χ0) is 18.9. The molecule has 26 heavy (non-hydrogen) atoms. The number of aromatic amines is 1. The van der Waals surface area contributed by atoms with Gasteiger partial charge in [0.15, 0.2) is 5.58 Å². The van der Waals surface area contributed by atoms with Gasteiger partial charge >= 0.3 is 5.76 Å². The number of H-pyrrole nitrogens is 1.